The van der Waals surface area contributed by atoms with Crippen molar-refractivity contribution in [2.75, 3.05) is 29.9 Å². The summed E-state index contributed by atoms with van der Waals surface area (Å²) in [4.78, 5) is 2.45. The summed E-state index contributed by atoms with van der Waals surface area (Å²) in [5.41, 5.74) is 4.13. The average Bonchev–Trinajstić information content (AvgIpc) is 2.37. The van der Waals surface area contributed by atoms with Crippen LogP contribution in [0.2, 0.25) is 0 Å². The lowest BCUT2D eigenvalue weighted by Gasteiger charge is -2.37. The Balaban J connectivity index is 1.83. The zero-order valence-corrected chi connectivity index (χ0v) is 11.3. The van der Waals surface area contributed by atoms with Crippen LogP contribution in [0.5, 0.6) is 0 Å². The number of hydrogen-bond donors (Lipinski definition) is 1. The molecule has 1 N–H and O–H groups in total. The van der Waals surface area contributed by atoms with Crippen molar-refractivity contribution in [2.45, 2.75) is 38.9 Å². The summed E-state index contributed by atoms with van der Waals surface area (Å²) in [5.74, 6) is 0. The highest BCUT2D eigenvalue weighted by Crippen LogP contribution is 2.28. The largest absolute Gasteiger partial charge is 0.385 e. The van der Waals surface area contributed by atoms with Gasteiger partial charge in [-0.25, -0.2) is 0 Å². The van der Waals surface area contributed by atoms with Gasteiger partial charge in [-0.2, -0.15) is 0 Å². The quantitative estimate of drug-likeness (QED) is 0.824. The third-order valence-electron chi connectivity index (χ3n) is 3.81. The van der Waals surface area contributed by atoms with Crippen molar-refractivity contribution in [3.05, 3.63) is 23.8 Å². The fourth-order valence-corrected chi connectivity index (χ4v) is 3.05. The average molecular weight is 246 g/mol. The Morgan fingerprint density at radius 3 is 2.78 bits per heavy atom. The number of fused-ring (bicyclic) bond motifs is 1. The zero-order chi connectivity index (χ0) is 12.5. The third kappa shape index (κ3) is 2.32. The lowest BCUT2D eigenvalue weighted by Crippen LogP contribution is -2.45. The van der Waals surface area contributed by atoms with Gasteiger partial charge in [-0.15, -0.1) is 0 Å². The SMILES string of the molecule is C[C@@H]1CN(c2ccc3c(c2)CCCN3)C[C@H](C)O1. The molecule has 1 fully saturated rings. The zero-order valence-electron chi connectivity index (χ0n) is 11.3. The number of hydrogen-bond acceptors (Lipinski definition) is 3. The number of nitrogens with zero attached hydrogens (tertiary/aromatic N) is 1. The van der Waals surface area contributed by atoms with Gasteiger partial charge in [0.2, 0.25) is 0 Å². The second-order valence-electron chi connectivity index (χ2n) is 5.53. The van der Waals surface area contributed by atoms with Crippen molar-refractivity contribution in [3.8, 4) is 0 Å². The van der Waals surface area contributed by atoms with E-state index in [1.165, 1.54) is 29.8 Å². The maximum atomic E-state index is 5.80. The van der Waals surface area contributed by atoms with E-state index in [2.05, 4.69) is 42.3 Å². The fraction of sp³-hybridized carbons (Fsp3) is 0.600. The van der Waals surface area contributed by atoms with Crippen molar-refractivity contribution < 1.29 is 4.74 Å². The molecule has 0 bridgehead atoms. The molecule has 0 amide bonds. The molecule has 1 aromatic rings. The van der Waals surface area contributed by atoms with E-state index in [0.717, 1.165) is 19.6 Å². The second-order valence-corrected chi connectivity index (χ2v) is 5.53. The summed E-state index contributed by atoms with van der Waals surface area (Å²) < 4.78 is 5.80. The molecular weight excluding hydrogens is 224 g/mol. The van der Waals surface area contributed by atoms with E-state index >= 15 is 0 Å². The topological polar surface area (TPSA) is 24.5 Å². The van der Waals surface area contributed by atoms with Gasteiger partial charge in [0, 0.05) is 31.0 Å². The summed E-state index contributed by atoms with van der Waals surface area (Å²) in [5, 5.41) is 3.47. The lowest BCUT2D eigenvalue weighted by atomic mass is 10.0. The molecule has 3 rings (SSSR count). The Hall–Kier alpha value is -1.22. The summed E-state index contributed by atoms with van der Waals surface area (Å²) >= 11 is 0. The highest BCUT2D eigenvalue weighted by atomic mass is 16.5. The molecule has 0 aliphatic carbocycles. The standard InChI is InChI=1S/C15H22N2O/c1-11-9-17(10-12(2)18-11)14-5-6-15-13(8-14)4-3-7-16-15/h5-6,8,11-12,16H,3-4,7,9-10H2,1-2H3/t11-,12+. The van der Waals surface area contributed by atoms with E-state index in [1.807, 2.05) is 0 Å². The Labute approximate surface area is 109 Å². The van der Waals surface area contributed by atoms with Crippen molar-refractivity contribution in [3.63, 3.8) is 0 Å². The molecule has 98 valence electrons. The van der Waals surface area contributed by atoms with E-state index in [9.17, 15) is 0 Å². The van der Waals surface area contributed by atoms with Crippen LogP contribution in [0, 0.1) is 0 Å². The van der Waals surface area contributed by atoms with Gasteiger partial charge >= 0.3 is 0 Å². The first kappa shape index (κ1) is 11.8. The van der Waals surface area contributed by atoms with Crippen molar-refractivity contribution in [1.82, 2.24) is 0 Å². The fourth-order valence-electron chi connectivity index (χ4n) is 3.05. The Morgan fingerprint density at radius 1 is 1.22 bits per heavy atom. The Kier molecular flexibility index (Phi) is 3.16. The molecule has 2 aliphatic rings. The van der Waals surface area contributed by atoms with E-state index in [4.69, 9.17) is 4.74 Å². The van der Waals surface area contributed by atoms with Gasteiger partial charge in [0.15, 0.2) is 0 Å². The molecule has 18 heavy (non-hydrogen) atoms. The van der Waals surface area contributed by atoms with Crippen LogP contribution in [0.1, 0.15) is 25.8 Å². The van der Waals surface area contributed by atoms with Gasteiger partial charge in [-0.3, -0.25) is 0 Å². The van der Waals surface area contributed by atoms with E-state index < -0.39 is 0 Å². The third-order valence-corrected chi connectivity index (χ3v) is 3.81. The Morgan fingerprint density at radius 2 is 2.00 bits per heavy atom. The molecule has 0 radical (unpaired) electrons. The second kappa shape index (κ2) is 4.81. The number of morpholine rings is 1. The number of aryl methyl sites for hydroxylation is 1. The van der Waals surface area contributed by atoms with Crippen LogP contribution in [-0.2, 0) is 11.2 Å². The van der Waals surface area contributed by atoms with Crippen LogP contribution < -0.4 is 10.2 Å². The first-order valence-corrected chi connectivity index (χ1v) is 6.99. The first-order valence-electron chi connectivity index (χ1n) is 6.99. The van der Waals surface area contributed by atoms with Crippen LogP contribution in [-0.4, -0.2) is 31.8 Å². The highest BCUT2D eigenvalue weighted by molar-refractivity contribution is 5.62. The van der Waals surface area contributed by atoms with Crippen LogP contribution in [0.15, 0.2) is 18.2 Å². The van der Waals surface area contributed by atoms with Crippen LogP contribution in [0.4, 0.5) is 11.4 Å². The van der Waals surface area contributed by atoms with Crippen molar-refractivity contribution in [2.24, 2.45) is 0 Å². The first-order chi connectivity index (χ1) is 8.72. The van der Waals surface area contributed by atoms with Crippen LogP contribution in [0.25, 0.3) is 0 Å². The van der Waals surface area contributed by atoms with Gasteiger partial charge in [0.25, 0.3) is 0 Å². The number of rotatable bonds is 1. The van der Waals surface area contributed by atoms with Crippen LogP contribution in [0.3, 0.4) is 0 Å². The minimum atomic E-state index is 0.322. The molecule has 3 nitrogen and oxygen atoms in total. The minimum absolute atomic E-state index is 0.322. The van der Waals surface area contributed by atoms with E-state index in [0.29, 0.717) is 12.2 Å². The van der Waals surface area contributed by atoms with Gasteiger partial charge in [0.1, 0.15) is 0 Å². The van der Waals surface area contributed by atoms with Gasteiger partial charge in [-0.1, -0.05) is 0 Å². The summed E-state index contributed by atoms with van der Waals surface area (Å²) in [7, 11) is 0. The summed E-state index contributed by atoms with van der Waals surface area (Å²) in [6.07, 6.45) is 3.09. The van der Waals surface area contributed by atoms with E-state index in [1.54, 1.807) is 0 Å². The van der Waals surface area contributed by atoms with Gasteiger partial charge in [-0.05, 0) is 50.5 Å². The summed E-state index contributed by atoms with van der Waals surface area (Å²) in [6.45, 7) is 7.41. The molecule has 0 spiro atoms. The molecule has 0 aromatic heterocycles. The lowest BCUT2D eigenvalue weighted by molar-refractivity contribution is -0.00521. The molecule has 1 aromatic carbocycles. The monoisotopic (exact) mass is 246 g/mol. The maximum absolute atomic E-state index is 5.80. The van der Waals surface area contributed by atoms with Gasteiger partial charge < -0.3 is 15.0 Å². The maximum Gasteiger partial charge on any atom is 0.0726 e. The van der Waals surface area contributed by atoms with E-state index in [-0.39, 0.29) is 0 Å². The van der Waals surface area contributed by atoms with Crippen molar-refractivity contribution >= 4 is 11.4 Å². The molecule has 2 heterocycles. The normalized spacial score (nSPS) is 27.6. The molecule has 0 unspecified atom stereocenters. The molecule has 2 aliphatic heterocycles. The molecule has 2 atom stereocenters. The van der Waals surface area contributed by atoms with Gasteiger partial charge in [0.05, 0.1) is 12.2 Å². The predicted octanol–water partition coefficient (Wildman–Crippen LogP) is 2.66. The smallest absolute Gasteiger partial charge is 0.0726 e. The molecule has 0 saturated carbocycles. The van der Waals surface area contributed by atoms with Crippen LogP contribution >= 0.6 is 0 Å². The number of anilines is 2. The number of nitrogens with one attached hydrogen (secondary N) is 1. The van der Waals surface area contributed by atoms with Crippen molar-refractivity contribution in [1.29, 1.82) is 0 Å². The number of ether oxygens (including phenoxy) is 1. The number of benzene rings is 1. The summed E-state index contributed by atoms with van der Waals surface area (Å²) in [6, 6.07) is 6.82. The Bertz CT molecular complexity index is 423. The molecular formula is C15H22N2O. The molecule has 1 saturated heterocycles. The predicted molar refractivity (Wildman–Crippen MR) is 75.5 cm³/mol. The minimum Gasteiger partial charge on any atom is -0.385 e. The highest BCUT2D eigenvalue weighted by Gasteiger charge is 2.23. The molecule has 3 heteroatoms.